The van der Waals surface area contributed by atoms with Crippen molar-refractivity contribution >= 4 is 101 Å². The zero-order chi connectivity index (χ0) is 60.3. The largest absolute Gasteiger partial charge is 0.456 e. The smallest absolute Gasteiger partial charge is 0.252 e. The van der Waals surface area contributed by atoms with E-state index in [9.17, 15) is 0 Å². The number of hydrogen-bond donors (Lipinski definition) is 0. The van der Waals surface area contributed by atoms with E-state index in [1.165, 1.54) is 111 Å². The van der Waals surface area contributed by atoms with Gasteiger partial charge in [0.05, 0.1) is 22.4 Å². The number of unbranched alkanes of at least 4 members (excludes halogenated alkanes) is 1. The fourth-order valence-electron chi connectivity index (χ4n) is 14.6. The lowest BCUT2D eigenvalue weighted by atomic mass is 9.33. The molecule has 2 aromatic heterocycles. The monoisotopic (exact) mass is 1150 g/mol. The highest BCUT2D eigenvalue weighted by Crippen LogP contribution is 2.55. The van der Waals surface area contributed by atoms with E-state index in [-0.39, 0.29) is 17.5 Å². The van der Waals surface area contributed by atoms with E-state index < -0.39 is 0 Å². The number of furan rings is 1. The van der Waals surface area contributed by atoms with Crippen LogP contribution in [0.4, 0.5) is 34.1 Å². The Morgan fingerprint density at radius 3 is 1.44 bits per heavy atom. The molecule has 16 rings (SSSR count). The third kappa shape index (κ3) is 8.87. The van der Waals surface area contributed by atoms with E-state index in [1.807, 2.05) is 0 Å². The summed E-state index contributed by atoms with van der Waals surface area (Å²) >= 11 is 0. The zero-order valence-electron chi connectivity index (χ0n) is 51.8. The molecule has 12 aromatic carbocycles. The second kappa shape index (κ2) is 21.1. The highest BCUT2D eigenvalue weighted by Gasteiger charge is 2.46. The van der Waals surface area contributed by atoms with Gasteiger partial charge in [-0.1, -0.05) is 249 Å². The van der Waals surface area contributed by atoms with E-state index in [0.29, 0.717) is 0 Å². The molecule has 0 atom stereocenters. The predicted octanol–water partition coefficient (Wildman–Crippen LogP) is 21.4. The normalized spacial score (nSPS) is 13.0. The number of aryl methyl sites for hydroxylation is 1. The molecule has 0 unspecified atom stereocenters. The fourth-order valence-corrected chi connectivity index (χ4v) is 14.6. The molecule has 0 spiro atoms. The van der Waals surface area contributed by atoms with Crippen molar-refractivity contribution in [3.63, 3.8) is 0 Å². The second-order valence-corrected chi connectivity index (χ2v) is 26.6. The number of anilines is 6. The Hall–Kier alpha value is -10.1. The van der Waals surface area contributed by atoms with E-state index in [0.717, 1.165) is 69.5 Å². The van der Waals surface area contributed by atoms with E-state index in [1.54, 1.807) is 0 Å². The summed E-state index contributed by atoms with van der Waals surface area (Å²) in [6.45, 7) is 16.3. The van der Waals surface area contributed by atoms with Crippen molar-refractivity contribution in [1.82, 2.24) is 4.57 Å². The van der Waals surface area contributed by atoms with Gasteiger partial charge in [0, 0.05) is 72.2 Å². The molecule has 14 aromatic rings. The number of hydrogen-bond acceptors (Lipinski definition) is 3. The molecule has 0 amide bonds. The summed E-state index contributed by atoms with van der Waals surface area (Å²) in [5.74, 6) is 0. The lowest BCUT2D eigenvalue weighted by Crippen LogP contribution is -2.61. The molecule has 4 heterocycles. The Morgan fingerprint density at radius 2 is 0.876 bits per heavy atom. The molecule has 0 saturated carbocycles. The van der Waals surface area contributed by atoms with Gasteiger partial charge in [-0.15, -0.1) is 0 Å². The van der Waals surface area contributed by atoms with Crippen molar-refractivity contribution in [2.45, 2.75) is 78.6 Å². The first kappa shape index (κ1) is 54.3. The third-order valence-electron chi connectivity index (χ3n) is 19.1. The van der Waals surface area contributed by atoms with E-state index >= 15 is 0 Å². The van der Waals surface area contributed by atoms with Gasteiger partial charge in [0.25, 0.3) is 6.71 Å². The lowest BCUT2D eigenvalue weighted by molar-refractivity contribution is 0.590. The summed E-state index contributed by atoms with van der Waals surface area (Å²) in [6, 6.07) is 98.2. The standard InChI is InChI=1S/C84H70BN3O/c1-8-9-36-65-80(68(57-34-20-13-21-35-57)53-69-64-39-24-27-42-78(64)89-82(65)69)88-75-52-61(86-72-40-25-22-37-62(72)63-38-23-26-41-73(63)86)44-45-70(75)85-71-47-58(54-28-14-10-15-29-54)43-46-74(71)87(76-50-60(84(5,6)7)51-77(88)79(76)85)81-66(55-30-16-11-17-31-55)48-59(83(2,3)4)49-67(81)56-32-18-12-19-33-56/h10-35,37-53H,8-9,36H2,1-7H3. The molecular formula is C84H70BN3O. The average Bonchev–Trinajstić information content (AvgIpc) is 0.960. The molecule has 2 aliphatic rings. The number of fused-ring (bicyclic) bond motifs is 10. The van der Waals surface area contributed by atoms with Crippen LogP contribution in [0.15, 0.2) is 265 Å². The van der Waals surface area contributed by atoms with Crippen molar-refractivity contribution < 1.29 is 4.42 Å². The van der Waals surface area contributed by atoms with Gasteiger partial charge in [0.15, 0.2) is 0 Å². The first-order chi connectivity index (χ1) is 43.4. The molecule has 0 N–H and O–H groups in total. The molecular weight excluding hydrogens is 1080 g/mol. The minimum atomic E-state index is -0.280. The van der Waals surface area contributed by atoms with Crippen molar-refractivity contribution in [3.05, 3.63) is 278 Å². The van der Waals surface area contributed by atoms with Gasteiger partial charge in [0.1, 0.15) is 11.2 Å². The summed E-state index contributed by atoms with van der Waals surface area (Å²) in [4.78, 5) is 5.42. The SMILES string of the molecule is CCCCc1c(N2c3cc(-n4c5ccccc5c5ccccc54)ccc3B3c4cc(-c5ccccc5)ccc4N(c4c(-c5ccccc5)cc(C(C)(C)C)cc4-c4ccccc4)c4cc(C(C)(C)C)cc2c43)c(-c2ccccc2)cc2c1oc1ccccc12. The molecule has 2 aliphatic heterocycles. The van der Waals surface area contributed by atoms with Gasteiger partial charge < -0.3 is 18.8 Å². The topological polar surface area (TPSA) is 24.6 Å². The van der Waals surface area contributed by atoms with Crippen LogP contribution in [0.5, 0.6) is 0 Å². The molecule has 89 heavy (non-hydrogen) atoms. The van der Waals surface area contributed by atoms with Crippen LogP contribution in [-0.4, -0.2) is 11.3 Å². The summed E-state index contributed by atoms with van der Waals surface area (Å²) in [5, 5.41) is 4.75. The van der Waals surface area contributed by atoms with Gasteiger partial charge in [-0.2, -0.15) is 0 Å². The quantitative estimate of drug-likeness (QED) is 0.128. The average molecular weight is 1150 g/mol. The van der Waals surface area contributed by atoms with Crippen LogP contribution in [-0.2, 0) is 17.3 Å². The summed E-state index contributed by atoms with van der Waals surface area (Å²) in [5.41, 5.74) is 28.8. The number of nitrogens with zero attached hydrogens (tertiary/aromatic N) is 3. The fraction of sp³-hybridized carbons (Fsp3) is 0.143. The zero-order valence-corrected chi connectivity index (χ0v) is 51.8. The van der Waals surface area contributed by atoms with Crippen LogP contribution in [0.25, 0.3) is 93.9 Å². The highest BCUT2D eigenvalue weighted by molar-refractivity contribution is 7.00. The van der Waals surface area contributed by atoms with E-state index in [2.05, 4.69) is 324 Å². The number of rotatable bonds is 10. The molecule has 0 fully saturated rings. The van der Waals surface area contributed by atoms with Crippen LogP contribution in [0.2, 0.25) is 0 Å². The third-order valence-corrected chi connectivity index (χ3v) is 19.1. The summed E-state index contributed by atoms with van der Waals surface area (Å²) in [7, 11) is 0. The van der Waals surface area contributed by atoms with Crippen molar-refractivity contribution in [3.8, 4) is 50.2 Å². The van der Waals surface area contributed by atoms with Crippen LogP contribution in [0.3, 0.4) is 0 Å². The van der Waals surface area contributed by atoms with Crippen LogP contribution >= 0.6 is 0 Å². The molecule has 0 bridgehead atoms. The van der Waals surface area contributed by atoms with Gasteiger partial charge in [-0.05, 0) is 146 Å². The Balaban J connectivity index is 1.11. The molecule has 4 nitrogen and oxygen atoms in total. The lowest BCUT2D eigenvalue weighted by Gasteiger charge is -2.46. The maximum Gasteiger partial charge on any atom is 0.252 e. The Morgan fingerprint density at radius 1 is 0.382 bits per heavy atom. The van der Waals surface area contributed by atoms with Crippen molar-refractivity contribution in [1.29, 1.82) is 0 Å². The van der Waals surface area contributed by atoms with Gasteiger partial charge in [-0.3, -0.25) is 0 Å². The van der Waals surface area contributed by atoms with Gasteiger partial charge >= 0.3 is 0 Å². The van der Waals surface area contributed by atoms with Crippen molar-refractivity contribution in [2.24, 2.45) is 0 Å². The van der Waals surface area contributed by atoms with E-state index in [4.69, 9.17) is 4.42 Å². The first-order valence-electron chi connectivity index (χ1n) is 31.8. The van der Waals surface area contributed by atoms with Crippen LogP contribution in [0, 0.1) is 0 Å². The minimum Gasteiger partial charge on any atom is -0.456 e. The van der Waals surface area contributed by atoms with Gasteiger partial charge in [-0.25, -0.2) is 0 Å². The predicted molar refractivity (Wildman–Crippen MR) is 380 cm³/mol. The number of aromatic nitrogens is 1. The number of benzene rings is 12. The maximum atomic E-state index is 7.29. The Labute approximate surface area is 523 Å². The molecule has 0 aliphatic carbocycles. The minimum absolute atomic E-state index is 0.151. The second-order valence-electron chi connectivity index (χ2n) is 26.6. The van der Waals surface area contributed by atoms with Crippen LogP contribution < -0.4 is 26.2 Å². The molecule has 5 heteroatoms. The number of para-hydroxylation sites is 3. The first-order valence-corrected chi connectivity index (χ1v) is 31.8. The van der Waals surface area contributed by atoms with Crippen LogP contribution in [0.1, 0.15) is 78.0 Å². The summed E-state index contributed by atoms with van der Waals surface area (Å²) < 4.78 is 9.79. The summed E-state index contributed by atoms with van der Waals surface area (Å²) in [6.07, 6.45) is 2.84. The molecule has 430 valence electrons. The molecule has 0 radical (unpaired) electrons. The molecule has 0 saturated heterocycles. The Kier molecular flexibility index (Phi) is 12.9. The van der Waals surface area contributed by atoms with Gasteiger partial charge in [0.2, 0.25) is 0 Å². The van der Waals surface area contributed by atoms with Crippen molar-refractivity contribution in [2.75, 3.05) is 9.80 Å². The Bertz CT molecular complexity index is 4970. The maximum absolute atomic E-state index is 7.29. The highest BCUT2D eigenvalue weighted by atomic mass is 16.3.